The number of benzene rings is 3. The van der Waals surface area contributed by atoms with Crippen LogP contribution in [-0.2, 0) is 9.47 Å². The second-order valence-electron chi connectivity index (χ2n) is 7.80. The number of aromatic nitrogens is 2. The molecule has 4 aromatic rings. The van der Waals surface area contributed by atoms with E-state index in [0.717, 1.165) is 20.0 Å². The van der Waals surface area contributed by atoms with Crippen LogP contribution < -0.4 is 17.2 Å². The molecule has 8 N–H and O–H groups in total. The molecule has 1 saturated heterocycles. The Hall–Kier alpha value is -2.05. The quantitative estimate of drug-likeness (QED) is 0.0787. The van der Waals surface area contributed by atoms with Crippen LogP contribution in [0.15, 0.2) is 62.2 Å². The maximum Gasteiger partial charge on any atom is 0.294 e. The molecule has 2 heterocycles. The lowest BCUT2D eigenvalue weighted by atomic mass is 10.3. The molecule has 42 heavy (non-hydrogen) atoms. The maximum absolute atomic E-state index is 10.4. The van der Waals surface area contributed by atoms with Crippen LogP contribution in [0.2, 0.25) is 15.1 Å². The van der Waals surface area contributed by atoms with Crippen molar-refractivity contribution >= 4 is 116 Å². The highest BCUT2D eigenvalue weighted by Crippen LogP contribution is 2.33. The average molecular weight is 837 g/mol. The molecule has 18 heteroatoms. The van der Waals surface area contributed by atoms with Crippen LogP contribution in [0.1, 0.15) is 0 Å². The van der Waals surface area contributed by atoms with E-state index in [-0.39, 0.29) is 16.4 Å². The number of nitrogen functional groups attached to an aromatic ring is 3. The van der Waals surface area contributed by atoms with Gasteiger partial charge in [0, 0.05) is 31.9 Å². The van der Waals surface area contributed by atoms with Crippen LogP contribution in [0.25, 0.3) is 11.0 Å². The third-order valence-corrected chi connectivity index (χ3v) is 7.08. The van der Waals surface area contributed by atoms with E-state index < -0.39 is 17.5 Å². The zero-order valence-electron chi connectivity index (χ0n) is 21.1. The van der Waals surface area contributed by atoms with E-state index >= 15 is 0 Å². The normalized spacial score (nSPS) is 15.7. The third kappa shape index (κ3) is 11.2. The third-order valence-electron chi connectivity index (χ3n) is 4.79. The highest BCUT2D eigenvalue weighted by Gasteiger charge is 2.21. The molecule has 1 aromatic heterocycles. The average Bonchev–Trinajstić information content (AvgIpc) is 2.92. The molecule has 0 aliphatic carbocycles. The summed E-state index contributed by atoms with van der Waals surface area (Å²) in [5.41, 5.74) is 18.6. The van der Waals surface area contributed by atoms with Crippen molar-refractivity contribution in [2.45, 2.75) is 12.6 Å². The summed E-state index contributed by atoms with van der Waals surface area (Å²) >= 11 is 26.8. The zero-order chi connectivity index (χ0) is 31.6. The molecule has 0 spiro atoms. The number of anilines is 3. The number of halogens is 6. The van der Waals surface area contributed by atoms with Gasteiger partial charge in [-0.15, -0.1) is 0 Å². The second-order valence-corrected chi connectivity index (χ2v) is 11.8. The molecule has 1 aliphatic heterocycles. The van der Waals surface area contributed by atoms with Crippen LogP contribution in [-0.4, -0.2) is 50.9 Å². The van der Waals surface area contributed by atoms with Crippen molar-refractivity contribution in [2.75, 3.05) is 30.4 Å². The molecule has 226 valence electrons. The Balaban J connectivity index is 0.000000198. The Morgan fingerprint density at radius 1 is 0.786 bits per heavy atom. The summed E-state index contributed by atoms with van der Waals surface area (Å²) in [4.78, 5) is 18.0. The fourth-order valence-electron chi connectivity index (χ4n) is 2.83. The molecular formula is C24H22Br3Cl3N6O6. The number of nitro benzene ring substituents is 1. The van der Waals surface area contributed by atoms with Crippen molar-refractivity contribution in [3.63, 3.8) is 0 Å². The number of hydrogen-bond acceptors (Lipinski definition) is 11. The van der Waals surface area contributed by atoms with Gasteiger partial charge >= 0.3 is 0 Å². The largest absolute Gasteiger partial charge is 0.397 e. The predicted octanol–water partition coefficient (Wildman–Crippen LogP) is 6.58. The molecule has 1 fully saturated rings. The lowest BCUT2D eigenvalue weighted by Crippen LogP contribution is -2.37. The van der Waals surface area contributed by atoms with Gasteiger partial charge in [-0.25, -0.2) is 0 Å². The first-order valence-electron chi connectivity index (χ1n) is 11.2. The topological polar surface area (TPSA) is 206 Å². The Bertz CT molecular complexity index is 1510. The summed E-state index contributed by atoms with van der Waals surface area (Å²) in [7, 11) is 0. The van der Waals surface area contributed by atoms with Gasteiger partial charge in [0.15, 0.2) is 0 Å². The van der Waals surface area contributed by atoms with Gasteiger partial charge in [-0.05, 0) is 30.3 Å². The van der Waals surface area contributed by atoms with Crippen LogP contribution >= 0.6 is 82.6 Å². The van der Waals surface area contributed by atoms with Crippen molar-refractivity contribution in [1.29, 1.82) is 0 Å². The van der Waals surface area contributed by atoms with Gasteiger partial charge < -0.3 is 36.9 Å². The van der Waals surface area contributed by atoms with Gasteiger partial charge in [0.25, 0.3) is 5.69 Å². The van der Waals surface area contributed by atoms with Crippen molar-refractivity contribution in [3.05, 3.63) is 87.4 Å². The first kappa shape index (κ1) is 36.1. The number of fused-ring (bicyclic) bond motifs is 1. The number of hydrogen-bond donors (Lipinski definition) is 5. The molecule has 3 aromatic carbocycles. The zero-order valence-corrected chi connectivity index (χ0v) is 28.1. The predicted molar refractivity (Wildman–Crippen MR) is 174 cm³/mol. The van der Waals surface area contributed by atoms with Crippen molar-refractivity contribution in [3.8, 4) is 0 Å². The lowest BCUT2D eigenvalue weighted by molar-refractivity contribution is -0.384. The fraction of sp³-hybridized carbons (Fsp3) is 0.167. The SMILES string of the molecule is Clc1cc(Br)cc2nccnc12.Nc1c(Cl)cc(Br)cc1[N+](=O)[O-].Nc1cc(Br)cc(Cl)c1N.OC1OCCOC1O. The van der Waals surface area contributed by atoms with Gasteiger partial charge in [-0.3, -0.25) is 20.1 Å². The second kappa shape index (κ2) is 17.3. The monoisotopic (exact) mass is 832 g/mol. The Morgan fingerprint density at radius 3 is 1.79 bits per heavy atom. The molecule has 0 bridgehead atoms. The van der Waals surface area contributed by atoms with Crippen LogP contribution in [0.5, 0.6) is 0 Å². The van der Waals surface area contributed by atoms with Gasteiger partial charge in [0.1, 0.15) is 11.2 Å². The van der Waals surface area contributed by atoms with E-state index in [1.807, 2.05) is 6.07 Å². The molecular weight excluding hydrogens is 814 g/mol. The standard InChI is InChI=1S/C8H4BrClN2.C6H4BrClN2O2.C6H6BrClN2.C4H8O4/c9-5-3-6(10)8-7(4-5)11-1-2-12-8;7-3-1-4(8)6(9)5(2-3)10(11)12;7-3-1-4(8)6(10)5(9)2-3;5-3-4(6)8-2-1-7-3/h1-4H;1-2H,9H2;1-2H,9-10H2;3-6H,1-2H2. The molecule has 2 atom stereocenters. The summed E-state index contributed by atoms with van der Waals surface area (Å²) < 4.78 is 11.4. The number of nitrogens with two attached hydrogens (primary N) is 3. The van der Waals surface area contributed by atoms with E-state index in [1.54, 1.807) is 30.6 Å². The number of rotatable bonds is 1. The molecule has 0 amide bonds. The Morgan fingerprint density at radius 2 is 1.26 bits per heavy atom. The van der Waals surface area contributed by atoms with Gasteiger partial charge in [-0.1, -0.05) is 82.6 Å². The maximum atomic E-state index is 10.4. The molecule has 12 nitrogen and oxygen atoms in total. The summed E-state index contributed by atoms with van der Waals surface area (Å²) in [5, 5.41) is 28.8. The number of aliphatic hydroxyl groups is 2. The summed E-state index contributed by atoms with van der Waals surface area (Å²) in [6, 6.07) is 9.91. The molecule has 2 unspecified atom stereocenters. The minimum Gasteiger partial charge on any atom is -0.397 e. The van der Waals surface area contributed by atoms with Gasteiger partial charge in [0.2, 0.25) is 12.6 Å². The van der Waals surface area contributed by atoms with E-state index in [0.29, 0.717) is 39.1 Å². The first-order chi connectivity index (χ1) is 19.7. The smallest absolute Gasteiger partial charge is 0.294 e. The Labute approximate surface area is 279 Å². The number of aliphatic hydroxyl groups excluding tert-OH is 2. The van der Waals surface area contributed by atoms with Gasteiger partial charge in [-0.2, -0.15) is 0 Å². The summed E-state index contributed by atoms with van der Waals surface area (Å²) in [5.74, 6) is 0. The van der Waals surface area contributed by atoms with Crippen LogP contribution in [0.4, 0.5) is 22.7 Å². The van der Waals surface area contributed by atoms with E-state index in [2.05, 4.69) is 67.2 Å². The van der Waals surface area contributed by atoms with Gasteiger partial charge in [0.05, 0.1) is 50.1 Å². The minimum absolute atomic E-state index is 0.00938. The first-order valence-corrected chi connectivity index (χ1v) is 14.8. The number of ether oxygens (including phenoxy) is 2. The van der Waals surface area contributed by atoms with Crippen LogP contribution in [0.3, 0.4) is 0 Å². The van der Waals surface area contributed by atoms with Crippen molar-refractivity contribution in [1.82, 2.24) is 9.97 Å². The molecule has 0 saturated carbocycles. The minimum atomic E-state index is -1.16. The van der Waals surface area contributed by atoms with Crippen molar-refractivity contribution in [2.24, 2.45) is 0 Å². The summed E-state index contributed by atoms with van der Waals surface area (Å²) in [6.45, 7) is 0.691. The highest BCUT2D eigenvalue weighted by atomic mass is 79.9. The van der Waals surface area contributed by atoms with Crippen molar-refractivity contribution < 1.29 is 24.6 Å². The lowest BCUT2D eigenvalue weighted by Gasteiger charge is -2.23. The van der Waals surface area contributed by atoms with Crippen LogP contribution in [0, 0.1) is 10.1 Å². The summed E-state index contributed by atoms with van der Waals surface area (Å²) in [6.07, 6.45) is 0.945. The Kier molecular flexibility index (Phi) is 14.9. The molecule has 0 radical (unpaired) electrons. The van der Waals surface area contributed by atoms with E-state index in [9.17, 15) is 10.1 Å². The number of nitro groups is 1. The highest BCUT2D eigenvalue weighted by molar-refractivity contribution is 9.11. The fourth-order valence-corrected chi connectivity index (χ4v) is 5.30. The van der Waals surface area contributed by atoms with E-state index in [4.69, 9.17) is 62.2 Å². The molecule has 1 aliphatic rings. The van der Waals surface area contributed by atoms with E-state index in [1.165, 1.54) is 12.1 Å². The number of nitrogens with zero attached hydrogens (tertiary/aromatic N) is 3. The molecule has 5 rings (SSSR count).